The van der Waals surface area contributed by atoms with Gasteiger partial charge in [-0.2, -0.15) is 0 Å². The fraction of sp³-hybridized carbons (Fsp3) is 0.850. The van der Waals surface area contributed by atoms with Crippen molar-refractivity contribution in [1.29, 1.82) is 0 Å². The Morgan fingerprint density at radius 2 is 1.77 bits per heavy atom. The lowest BCUT2D eigenvalue weighted by molar-refractivity contribution is -0.140. The van der Waals surface area contributed by atoms with Crippen LogP contribution in [0.4, 0.5) is 0 Å². The van der Waals surface area contributed by atoms with Crippen molar-refractivity contribution in [1.82, 2.24) is 0 Å². The molecule has 0 aromatic carbocycles. The minimum atomic E-state index is -1.87. The van der Waals surface area contributed by atoms with E-state index in [0.29, 0.717) is 19.4 Å². The molecule has 4 atom stereocenters. The molecule has 26 heavy (non-hydrogen) atoms. The third-order valence-electron chi connectivity index (χ3n) is 6.02. The zero-order chi connectivity index (χ0) is 20.0. The maximum Gasteiger partial charge on any atom is 0.305 e. The Balaban J connectivity index is 2.53. The first kappa shape index (κ1) is 23.3. The van der Waals surface area contributed by atoms with E-state index in [1.165, 1.54) is 7.11 Å². The van der Waals surface area contributed by atoms with Gasteiger partial charge in [-0.3, -0.25) is 4.79 Å². The van der Waals surface area contributed by atoms with Gasteiger partial charge >= 0.3 is 5.97 Å². The Morgan fingerprint density at radius 1 is 1.15 bits per heavy atom. The number of aliphatic hydroxyl groups excluding tert-OH is 2. The molecule has 0 heterocycles. The molecule has 0 aliphatic heterocycles. The molecule has 5 nitrogen and oxygen atoms in total. The molecule has 1 aliphatic carbocycles. The van der Waals surface area contributed by atoms with Gasteiger partial charge in [-0.05, 0) is 49.7 Å². The number of esters is 1. The molecule has 0 aromatic heterocycles. The molecule has 6 heteroatoms. The smallest absolute Gasteiger partial charge is 0.305 e. The van der Waals surface area contributed by atoms with Crippen molar-refractivity contribution in [3.63, 3.8) is 0 Å². The first-order valence-corrected chi connectivity index (χ1v) is 12.6. The predicted octanol–water partition coefficient (Wildman–Crippen LogP) is 3.66. The molecule has 0 saturated heterocycles. The highest BCUT2D eigenvalue weighted by molar-refractivity contribution is 6.74. The highest BCUT2D eigenvalue weighted by Gasteiger charge is 2.44. The van der Waals surface area contributed by atoms with Crippen molar-refractivity contribution < 1.29 is 24.2 Å². The number of methoxy groups -OCH3 is 1. The molecule has 2 N–H and O–H groups in total. The normalized spacial score (nSPS) is 27.2. The van der Waals surface area contributed by atoms with E-state index in [0.717, 1.165) is 19.3 Å². The average molecular weight is 387 g/mol. The van der Waals surface area contributed by atoms with Crippen LogP contribution < -0.4 is 0 Å². The number of ether oxygens (including phenoxy) is 1. The van der Waals surface area contributed by atoms with Gasteiger partial charge in [0.25, 0.3) is 0 Å². The second-order valence-corrected chi connectivity index (χ2v) is 13.8. The molecular formula is C20H38O5Si. The molecule has 0 amide bonds. The van der Waals surface area contributed by atoms with Crippen LogP contribution in [0.3, 0.4) is 0 Å². The van der Waals surface area contributed by atoms with Crippen LogP contribution in [0.25, 0.3) is 0 Å². The fourth-order valence-electron chi connectivity index (χ4n) is 3.09. The number of rotatable bonds is 9. The first-order chi connectivity index (χ1) is 12.0. The molecule has 1 rings (SSSR count). The van der Waals surface area contributed by atoms with Crippen molar-refractivity contribution in [2.75, 3.05) is 13.7 Å². The Hall–Kier alpha value is -0.693. The van der Waals surface area contributed by atoms with E-state index in [-0.39, 0.29) is 22.8 Å². The summed E-state index contributed by atoms with van der Waals surface area (Å²) >= 11 is 0. The van der Waals surface area contributed by atoms with Gasteiger partial charge in [0.2, 0.25) is 0 Å². The van der Waals surface area contributed by atoms with E-state index < -0.39 is 20.5 Å². The topological polar surface area (TPSA) is 76.0 Å². The lowest BCUT2D eigenvalue weighted by atomic mass is 9.91. The molecule has 1 fully saturated rings. The second-order valence-electron chi connectivity index (χ2n) is 8.94. The molecule has 0 radical (unpaired) electrons. The predicted molar refractivity (Wildman–Crippen MR) is 106 cm³/mol. The highest BCUT2D eigenvalue weighted by Crippen LogP contribution is 2.40. The molecule has 0 spiro atoms. The summed E-state index contributed by atoms with van der Waals surface area (Å²) in [6.07, 6.45) is 6.25. The van der Waals surface area contributed by atoms with Gasteiger partial charge in [0, 0.05) is 18.9 Å². The van der Waals surface area contributed by atoms with E-state index in [9.17, 15) is 15.0 Å². The highest BCUT2D eigenvalue weighted by atomic mass is 28.4. The van der Waals surface area contributed by atoms with E-state index in [1.54, 1.807) is 0 Å². The SMILES string of the molecule is COC(=O)CCC/C=C\C[C@@H]1[C@@H](CO[Si](C)(C)C(C)(C)C)[C@H](O)C[C@@H]1O. The van der Waals surface area contributed by atoms with Crippen LogP contribution in [0.1, 0.15) is 52.9 Å². The summed E-state index contributed by atoms with van der Waals surface area (Å²) in [6.45, 7) is 11.5. The standard InChI is InChI=1S/C20H38O5Si/c1-20(2,3)26(5,6)25-14-16-15(17(21)13-18(16)22)11-9-7-8-10-12-19(23)24-4/h7,9,15-18,21-22H,8,10-14H2,1-6H3/b9-7-/t15-,16-,17+,18-/m1/s1. The fourth-order valence-corrected chi connectivity index (χ4v) is 4.13. The van der Waals surface area contributed by atoms with Crippen molar-refractivity contribution in [2.45, 2.75) is 83.2 Å². The summed E-state index contributed by atoms with van der Waals surface area (Å²) in [4.78, 5) is 11.1. The Labute approximate surface area is 159 Å². The molecule has 1 aliphatic rings. The van der Waals surface area contributed by atoms with Gasteiger partial charge in [0.15, 0.2) is 8.32 Å². The third kappa shape index (κ3) is 6.80. The molecular weight excluding hydrogens is 348 g/mol. The van der Waals surface area contributed by atoms with E-state index in [1.807, 2.05) is 6.08 Å². The van der Waals surface area contributed by atoms with Gasteiger partial charge in [-0.25, -0.2) is 0 Å². The van der Waals surface area contributed by atoms with Crippen LogP contribution in [-0.4, -0.2) is 50.4 Å². The quantitative estimate of drug-likeness (QED) is 0.274. The Morgan fingerprint density at radius 3 is 2.35 bits per heavy atom. The van der Waals surface area contributed by atoms with Crippen molar-refractivity contribution in [3.05, 3.63) is 12.2 Å². The number of hydrogen-bond acceptors (Lipinski definition) is 5. The first-order valence-electron chi connectivity index (χ1n) is 9.71. The van der Waals surface area contributed by atoms with Crippen LogP contribution in [0.2, 0.25) is 18.1 Å². The summed E-state index contributed by atoms with van der Waals surface area (Å²) in [5, 5.41) is 20.8. The van der Waals surface area contributed by atoms with Crippen LogP contribution in [0.15, 0.2) is 12.2 Å². The maximum absolute atomic E-state index is 11.1. The van der Waals surface area contributed by atoms with Crippen LogP contribution >= 0.6 is 0 Å². The number of allylic oxidation sites excluding steroid dienone is 2. The van der Waals surface area contributed by atoms with Gasteiger partial charge in [0.1, 0.15) is 0 Å². The van der Waals surface area contributed by atoms with E-state index in [4.69, 9.17) is 4.43 Å². The number of unbranched alkanes of at least 4 members (excludes halogenated alkanes) is 1. The molecule has 0 unspecified atom stereocenters. The number of carbonyl (C=O) groups is 1. The van der Waals surface area contributed by atoms with Crippen molar-refractivity contribution in [2.24, 2.45) is 11.8 Å². The minimum absolute atomic E-state index is 0.0200. The summed E-state index contributed by atoms with van der Waals surface area (Å²) in [7, 11) is -0.472. The Bertz CT molecular complexity index is 469. The third-order valence-corrected chi connectivity index (χ3v) is 10.5. The number of carbonyl (C=O) groups excluding carboxylic acids is 1. The summed E-state index contributed by atoms with van der Waals surface area (Å²) in [5.74, 6) is -0.193. The van der Waals surface area contributed by atoms with E-state index >= 15 is 0 Å². The second kappa shape index (κ2) is 10.0. The molecule has 1 saturated carbocycles. The summed E-state index contributed by atoms with van der Waals surface area (Å²) in [6, 6.07) is 0. The van der Waals surface area contributed by atoms with Gasteiger partial charge in [-0.1, -0.05) is 32.9 Å². The molecule has 152 valence electrons. The largest absolute Gasteiger partial charge is 0.469 e. The average Bonchev–Trinajstić information content (AvgIpc) is 2.80. The summed E-state index contributed by atoms with van der Waals surface area (Å²) in [5.41, 5.74) is 0. The zero-order valence-electron chi connectivity index (χ0n) is 17.3. The monoisotopic (exact) mass is 386 g/mol. The van der Waals surface area contributed by atoms with Gasteiger partial charge < -0.3 is 19.4 Å². The molecule has 0 aromatic rings. The van der Waals surface area contributed by atoms with Crippen molar-refractivity contribution >= 4 is 14.3 Å². The lowest BCUT2D eigenvalue weighted by Crippen LogP contribution is -2.43. The zero-order valence-corrected chi connectivity index (χ0v) is 18.3. The number of aliphatic hydroxyl groups is 2. The summed E-state index contributed by atoms with van der Waals surface area (Å²) < 4.78 is 10.9. The Kier molecular flexibility index (Phi) is 8.99. The van der Waals surface area contributed by atoms with Crippen LogP contribution in [0, 0.1) is 11.8 Å². The lowest BCUT2D eigenvalue weighted by Gasteiger charge is -2.38. The number of hydrogen-bond donors (Lipinski definition) is 2. The van der Waals surface area contributed by atoms with Crippen LogP contribution in [0.5, 0.6) is 0 Å². The van der Waals surface area contributed by atoms with Crippen molar-refractivity contribution in [3.8, 4) is 0 Å². The van der Waals surface area contributed by atoms with Gasteiger partial charge in [-0.15, -0.1) is 0 Å². The van der Waals surface area contributed by atoms with Crippen LogP contribution in [-0.2, 0) is 14.0 Å². The van der Waals surface area contributed by atoms with Gasteiger partial charge in [0.05, 0.1) is 19.3 Å². The maximum atomic E-state index is 11.1. The van der Waals surface area contributed by atoms with E-state index in [2.05, 4.69) is 44.7 Å². The molecule has 0 bridgehead atoms. The minimum Gasteiger partial charge on any atom is -0.469 e.